The zero-order valence-corrected chi connectivity index (χ0v) is 14.6. The van der Waals surface area contributed by atoms with E-state index in [1.807, 2.05) is 24.4 Å². The summed E-state index contributed by atoms with van der Waals surface area (Å²) in [6, 6.07) is 13.5. The zero-order chi connectivity index (χ0) is 17.9. The standard InChI is InChI=1S/C19H16FN3O2S/c20-15-6-1-2-7-17(15)25-12-18(24)21-14-5-3-4-13(10-14)16-11-23-8-9-26-19(23)22-16/h1-7,10-11H,8-9,12H2,(H,21,24). The Balaban J connectivity index is 1.41. The molecule has 1 aromatic heterocycles. The van der Waals surface area contributed by atoms with Gasteiger partial charge in [0.15, 0.2) is 23.3 Å². The Morgan fingerprint density at radius 2 is 2.15 bits per heavy atom. The number of hydrogen-bond donors (Lipinski definition) is 1. The van der Waals surface area contributed by atoms with E-state index in [4.69, 9.17) is 4.74 Å². The van der Waals surface area contributed by atoms with Crippen molar-refractivity contribution in [2.24, 2.45) is 0 Å². The SMILES string of the molecule is O=C(COc1ccccc1F)Nc1cccc(-c2cn3c(n2)SCC3)c1. The summed E-state index contributed by atoms with van der Waals surface area (Å²) in [5, 5.41) is 3.79. The highest BCUT2D eigenvalue weighted by molar-refractivity contribution is 7.99. The largest absolute Gasteiger partial charge is 0.481 e. The Bertz CT molecular complexity index is 936. The van der Waals surface area contributed by atoms with Crippen LogP contribution in [0.2, 0.25) is 0 Å². The van der Waals surface area contributed by atoms with Crippen LogP contribution >= 0.6 is 11.8 Å². The van der Waals surface area contributed by atoms with E-state index in [9.17, 15) is 9.18 Å². The number of nitrogens with one attached hydrogen (secondary N) is 1. The Kier molecular flexibility index (Phi) is 4.62. The normalized spacial score (nSPS) is 12.7. The first-order valence-electron chi connectivity index (χ1n) is 8.16. The van der Waals surface area contributed by atoms with Crippen molar-refractivity contribution in [2.75, 3.05) is 17.7 Å². The zero-order valence-electron chi connectivity index (χ0n) is 13.8. The third kappa shape index (κ3) is 3.57. The van der Waals surface area contributed by atoms with Crippen molar-refractivity contribution in [1.29, 1.82) is 0 Å². The van der Waals surface area contributed by atoms with Crippen molar-refractivity contribution in [3.63, 3.8) is 0 Å². The molecule has 3 aromatic rings. The second-order valence-corrected chi connectivity index (χ2v) is 6.86. The Labute approximate surface area is 154 Å². The fraction of sp³-hybridized carbons (Fsp3) is 0.158. The molecule has 0 fully saturated rings. The topological polar surface area (TPSA) is 56.1 Å². The van der Waals surface area contributed by atoms with Gasteiger partial charge in [-0.05, 0) is 24.3 Å². The second-order valence-electron chi connectivity index (χ2n) is 5.80. The minimum Gasteiger partial charge on any atom is -0.481 e. The van der Waals surface area contributed by atoms with Crippen LogP contribution in [-0.2, 0) is 11.3 Å². The molecule has 0 aliphatic carbocycles. The number of halogens is 1. The van der Waals surface area contributed by atoms with Gasteiger partial charge in [-0.3, -0.25) is 4.79 Å². The van der Waals surface area contributed by atoms with Crippen LogP contribution < -0.4 is 10.1 Å². The summed E-state index contributed by atoms with van der Waals surface area (Å²) in [5.74, 6) is 0.267. The van der Waals surface area contributed by atoms with Crippen molar-refractivity contribution in [3.05, 3.63) is 60.5 Å². The number of aromatic nitrogens is 2. The summed E-state index contributed by atoms with van der Waals surface area (Å²) in [5.41, 5.74) is 2.46. The van der Waals surface area contributed by atoms with Gasteiger partial charge in [0.1, 0.15) is 0 Å². The van der Waals surface area contributed by atoms with Crippen LogP contribution in [0.25, 0.3) is 11.3 Å². The van der Waals surface area contributed by atoms with Crippen LogP contribution in [0.3, 0.4) is 0 Å². The fourth-order valence-electron chi connectivity index (χ4n) is 2.71. The van der Waals surface area contributed by atoms with Crippen LogP contribution in [0.4, 0.5) is 10.1 Å². The van der Waals surface area contributed by atoms with Gasteiger partial charge < -0.3 is 14.6 Å². The van der Waals surface area contributed by atoms with E-state index in [0.29, 0.717) is 5.69 Å². The molecular weight excluding hydrogens is 353 g/mol. The molecule has 5 nitrogen and oxygen atoms in total. The quantitative estimate of drug-likeness (QED) is 0.743. The van der Waals surface area contributed by atoms with Crippen LogP contribution in [0.15, 0.2) is 59.9 Å². The van der Waals surface area contributed by atoms with Crippen molar-refractivity contribution >= 4 is 23.4 Å². The van der Waals surface area contributed by atoms with Gasteiger partial charge >= 0.3 is 0 Å². The molecule has 1 aliphatic rings. The van der Waals surface area contributed by atoms with Crippen molar-refractivity contribution in [1.82, 2.24) is 9.55 Å². The number of fused-ring (bicyclic) bond motifs is 1. The van der Waals surface area contributed by atoms with E-state index >= 15 is 0 Å². The van der Waals surface area contributed by atoms with Gasteiger partial charge in [-0.2, -0.15) is 0 Å². The van der Waals surface area contributed by atoms with Crippen molar-refractivity contribution < 1.29 is 13.9 Å². The maximum atomic E-state index is 13.5. The predicted octanol–water partition coefficient (Wildman–Crippen LogP) is 3.81. The summed E-state index contributed by atoms with van der Waals surface area (Å²) in [4.78, 5) is 16.7. The molecule has 26 heavy (non-hydrogen) atoms. The molecule has 0 unspecified atom stereocenters. The molecule has 0 atom stereocenters. The van der Waals surface area contributed by atoms with Gasteiger partial charge in [-0.25, -0.2) is 9.37 Å². The number of anilines is 1. The number of carbonyl (C=O) groups excluding carboxylic acids is 1. The van der Waals surface area contributed by atoms with E-state index in [2.05, 4.69) is 14.9 Å². The molecule has 132 valence electrons. The Morgan fingerprint density at radius 1 is 1.27 bits per heavy atom. The van der Waals surface area contributed by atoms with Crippen LogP contribution in [0, 0.1) is 5.82 Å². The number of ether oxygens (including phenoxy) is 1. The number of rotatable bonds is 5. The van der Waals surface area contributed by atoms with E-state index in [0.717, 1.165) is 28.7 Å². The van der Waals surface area contributed by atoms with Gasteiger partial charge in [0.05, 0.1) is 5.69 Å². The lowest BCUT2D eigenvalue weighted by Crippen LogP contribution is -2.20. The van der Waals surface area contributed by atoms with Gasteiger partial charge in [-0.15, -0.1) is 0 Å². The molecular formula is C19H16FN3O2S. The number of imidazole rings is 1. The number of para-hydroxylation sites is 1. The third-order valence-corrected chi connectivity index (χ3v) is 4.91. The van der Waals surface area contributed by atoms with Gasteiger partial charge in [-0.1, -0.05) is 36.0 Å². The van der Waals surface area contributed by atoms with Crippen LogP contribution in [-0.4, -0.2) is 27.8 Å². The van der Waals surface area contributed by atoms with Crippen LogP contribution in [0.5, 0.6) is 5.75 Å². The molecule has 2 heterocycles. The summed E-state index contributed by atoms with van der Waals surface area (Å²) in [6.45, 7) is 0.706. The molecule has 0 bridgehead atoms. The summed E-state index contributed by atoms with van der Waals surface area (Å²) in [7, 11) is 0. The number of thioether (sulfide) groups is 1. The molecule has 0 spiro atoms. The number of hydrogen-bond acceptors (Lipinski definition) is 4. The summed E-state index contributed by atoms with van der Waals surface area (Å²) >= 11 is 1.74. The lowest BCUT2D eigenvalue weighted by atomic mass is 10.1. The fourth-order valence-corrected chi connectivity index (χ4v) is 3.65. The molecule has 4 rings (SSSR count). The summed E-state index contributed by atoms with van der Waals surface area (Å²) < 4.78 is 20.9. The maximum Gasteiger partial charge on any atom is 0.262 e. The molecule has 1 amide bonds. The Morgan fingerprint density at radius 3 is 3.00 bits per heavy atom. The molecule has 0 saturated heterocycles. The van der Waals surface area contributed by atoms with Gasteiger partial charge in [0.25, 0.3) is 5.91 Å². The average Bonchev–Trinajstić information content (AvgIpc) is 3.23. The average molecular weight is 369 g/mol. The van der Waals surface area contributed by atoms with E-state index < -0.39 is 5.82 Å². The maximum absolute atomic E-state index is 13.5. The first-order chi connectivity index (χ1) is 12.7. The molecule has 7 heteroatoms. The lowest BCUT2D eigenvalue weighted by Gasteiger charge is -2.09. The Hall–Kier alpha value is -2.80. The third-order valence-electron chi connectivity index (χ3n) is 3.94. The van der Waals surface area contributed by atoms with Crippen molar-refractivity contribution in [2.45, 2.75) is 11.7 Å². The van der Waals surface area contributed by atoms with E-state index in [1.54, 1.807) is 30.0 Å². The van der Waals surface area contributed by atoms with Gasteiger partial charge in [0.2, 0.25) is 0 Å². The number of nitrogens with zero attached hydrogens (tertiary/aromatic N) is 2. The minimum absolute atomic E-state index is 0.0569. The van der Waals surface area contributed by atoms with Crippen molar-refractivity contribution in [3.8, 4) is 17.0 Å². The number of amides is 1. The number of aryl methyl sites for hydroxylation is 1. The lowest BCUT2D eigenvalue weighted by molar-refractivity contribution is -0.118. The highest BCUT2D eigenvalue weighted by atomic mass is 32.2. The molecule has 0 saturated carbocycles. The number of benzene rings is 2. The highest BCUT2D eigenvalue weighted by Gasteiger charge is 2.15. The van der Waals surface area contributed by atoms with E-state index in [1.165, 1.54) is 12.1 Å². The second kappa shape index (κ2) is 7.21. The van der Waals surface area contributed by atoms with E-state index in [-0.39, 0.29) is 18.3 Å². The predicted molar refractivity (Wildman–Crippen MR) is 98.9 cm³/mol. The molecule has 2 aromatic carbocycles. The first-order valence-corrected chi connectivity index (χ1v) is 9.15. The summed E-state index contributed by atoms with van der Waals surface area (Å²) in [6.07, 6.45) is 2.03. The molecule has 1 N–H and O–H groups in total. The van der Waals surface area contributed by atoms with Crippen LogP contribution in [0.1, 0.15) is 0 Å². The monoisotopic (exact) mass is 369 g/mol. The molecule has 0 radical (unpaired) electrons. The highest BCUT2D eigenvalue weighted by Crippen LogP contribution is 2.29. The van der Waals surface area contributed by atoms with Gasteiger partial charge in [0, 0.05) is 29.7 Å². The minimum atomic E-state index is -0.493. The number of carbonyl (C=O) groups is 1. The molecule has 1 aliphatic heterocycles. The smallest absolute Gasteiger partial charge is 0.262 e. The first kappa shape index (κ1) is 16.7.